The third kappa shape index (κ3) is 3.18. The SMILES string of the molecule is CCC1(C)C(NC)CC1Oc1c(I)cc(I)cc1I. The maximum Gasteiger partial charge on any atom is 0.146 e. The fourth-order valence-corrected chi connectivity index (χ4v) is 6.54. The van der Waals surface area contributed by atoms with E-state index in [1.807, 2.05) is 7.05 Å². The summed E-state index contributed by atoms with van der Waals surface area (Å²) >= 11 is 7.10. The van der Waals surface area contributed by atoms with E-state index in [9.17, 15) is 0 Å². The molecule has 3 unspecified atom stereocenters. The molecule has 1 aromatic carbocycles. The molecule has 1 aliphatic carbocycles. The molecule has 1 N–H and O–H groups in total. The van der Waals surface area contributed by atoms with Gasteiger partial charge in [-0.05, 0) is 93.4 Å². The molecule has 0 spiro atoms. The number of hydrogen-bond acceptors (Lipinski definition) is 2. The quantitative estimate of drug-likeness (QED) is 0.511. The second kappa shape index (κ2) is 6.51. The molecule has 0 heterocycles. The standard InChI is InChI=1S/C14H18I3NO/c1-4-14(2)11(18-3)7-12(14)19-13-9(16)5-8(15)6-10(13)17/h5-6,11-12,18H,4,7H2,1-3H3. The summed E-state index contributed by atoms with van der Waals surface area (Å²) in [6, 6.07) is 4.92. The van der Waals surface area contributed by atoms with Crippen LogP contribution < -0.4 is 10.1 Å². The molecular formula is C14H18I3NO. The normalized spacial score (nSPS) is 30.0. The molecular weight excluding hydrogens is 579 g/mol. The molecule has 0 saturated heterocycles. The lowest BCUT2D eigenvalue weighted by Gasteiger charge is -2.53. The number of rotatable bonds is 4. The molecule has 5 heteroatoms. The monoisotopic (exact) mass is 597 g/mol. The number of benzene rings is 1. The smallest absolute Gasteiger partial charge is 0.146 e. The van der Waals surface area contributed by atoms with E-state index in [0.29, 0.717) is 12.1 Å². The predicted molar refractivity (Wildman–Crippen MR) is 105 cm³/mol. The third-order valence-electron chi connectivity index (χ3n) is 4.31. The predicted octanol–water partition coefficient (Wildman–Crippen LogP) is 4.66. The van der Waals surface area contributed by atoms with Crippen LogP contribution in [0.4, 0.5) is 0 Å². The van der Waals surface area contributed by atoms with E-state index in [0.717, 1.165) is 18.6 Å². The van der Waals surface area contributed by atoms with Gasteiger partial charge in [0.1, 0.15) is 11.9 Å². The molecule has 106 valence electrons. The van der Waals surface area contributed by atoms with Gasteiger partial charge in [-0.3, -0.25) is 0 Å². The third-order valence-corrected chi connectivity index (χ3v) is 6.54. The van der Waals surface area contributed by atoms with Gasteiger partial charge in [0, 0.05) is 21.4 Å². The van der Waals surface area contributed by atoms with Crippen molar-refractivity contribution in [3.8, 4) is 5.75 Å². The van der Waals surface area contributed by atoms with Crippen LogP contribution in [0.3, 0.4) is 0 Å². The van der Waals surface area contributed by atoms with Gasteiger partial charge in [-0.25, -0.2) is 0 Å². The molecule has 3 atom stereocenters. The van der Waals surface area contributed by atoms with Crippen LogP contribution in [0.5, 0.6) is 5.75 Å². The Kier molecular flexibility index (Phi) is 5.67. The largest absolute Gasteiger partial charge is 0.488 e. The summed E-state index contributed by atoms with van der Waals surface area (Å²) in [4.78, 5) is 0. The first-order chi connectivity index (χ1) is 8.92. The van der Waals surface area contributed by atoms with Crippen molar-refractivity contribution in [2.24, 2.45) is 5.41 Å². The minimum Gasteiger partial charge on any atom is -0.488 e. The molecule has 1 aromatic rings. The molecule has 0 bridgehead atoms. The van der Waals surface area contributed by atoms with Crippen LogP contribution in [-0.2, 0) is 0 Å². The lowest BCUT2D eigenvalue weighted by Crippen LogP contribution is -2.62. The highest BCUT2D eigenvalue weighted by Crippen LogP contribution is 2.47. The van der Waals surface area contributed by atoms with Crippen molar-refractivity contribution in [2.45, 2.75) is 38.8 Å². The fourth-order valence-electron chi connectivity index (χ4n) is 2.70. The lowest BCUT2D eigenvalue weighted by atomic mass is 9.61. The minimum absolute atomic E-state index is 0.240. The molecule has 2 rings (SSSR count). The molecule has 19 heavy (non-hydrogen) atoms. The fraction of sp³-hybridized carbons (Fsp3) is 0.571. The van der Waals surface area contributed by atoms with Crippen LogP contribution in [0.25, 0.3) is 0 Å². The van der Waals surface area contributed by atoms with E-state index in [1.165, 1.54) is 10.7 Å². The zero-order chi connectivity index (χ0) is 14.2. The molecule has 1 fully saturated rings. The maximum absolute atomic E-state index is 6.35. The van der Waals surface area contributed by atoms with Crippen LogP contribution in [0.1, 0.15) is 26.7 Å². The topological polar surface area (TPSA) is 21.3 Å². The minimum atomic E-state index is 0.240. The summed E-state index contributed by atoms with van der Waals surface area (Å²) in [6.45, 7) is 4.58. The van der Waals surface area contributed by atoms with E-state index < -0.39 is 0 Å². The highest BCUT2D eigenvalue weighted by Gasteiger charge is 2.51. The lowest BCUT2D eigenvalue weighted by molar-refractivity contribution is -0.0685. The van der Waals surface area contributed by atoms with Gasteiger partial charge in [0.05, 0.1) is 7.14 Å². The first-order valence-electron chi connectivity index (χ1n) is 6.40. The summed E-state index contributed by atoms with van der Waals surface area (Å²) in [5.41, 5.74) is 0.240. The van der Waals surface area contributed by atoms with Crippen LogP contribution in [0.2, 0.25) is 0 Å². The first-order valence-corrected chi connectivity index (χ1v) is 9.64. The van der Waals surface area contributed by atoms with E-state index in [2.05, 4.69) is 99.1 Å². The van der Waals surface area contributed by atoms with Gasteiger partial charge in [-0.2, -0.15) is 0 Å². The van der Waals surface area contributed by atoms with Gasteiger partial charge >= 0.3 is 0 Å². The van der Waals surface area contributed by atoms with Crippen molar-refractivity contribution in [3.05, 3.63) is 22.8 Å². The van der Waals surface area contributed by atoms with E-state index in [-0.39, 0.29) is 5.41 Å². The zero-order valence-electron chi connectivity index (χ0n) is 11.3. The second-order valence-electron chi connectivity index (χ2n) is 5.24. The Morgan fingerprint density at radius 2 is 1.89 bits per heavy atom. The molecule has 0 amide bonds. The molecule has 1 aliphatic rings. The zero-order valence-corrected chi connectivity index (χ0v) is 17.7. The van der Waals surface area contributed by atoms with Crippen molar-refractivity contribution in [1.29, 1.82) is 0 Å². The molecule has 0 aromatic heterocycles. The molecule has 0 radical (unpaired) electrons. The summed E-state index contributed by atoms with van der Waals surface area (Å²) in [5, 5.41) is 3.41. The van der Waals surface area contributed by atoms with Gasteiger partial charge in [-0.15, -0.1) is 0 Å². The second-order valence-corrected chi connectivity index (χ2v) is 8.81. The number of hydrogen-bond donors (Lipinski definition) is 1. The Bertz CT molecular complexity index is 457. The Hall–Kier alpha value is 1.17. The first kappa shape index (κ1) is 16.5. The average Bonchev–Trinajstić information content (AvgIpc) is 2.35. The Labute approximate surface area is 156 Å². The average molecular weight is 597 g/mol. The highest BCUT2D eigenvalue weighted by atomic mass is 127. The maximum atomic E-state index is 6.35. The van der Waals surface area contributed by atoms with Crippen molar-refractivity contribution < 1.29 is 4.74 Å². The van der Waals surface area contributed by atoms with E-state index >= 15 is 0 Å². The highest BCUT2D eigenvalue weighted by molar-refractivity contribution is 14.1. The number of nitrogens with one attached hydrogen (secondary N) is 1. The van der Waals surface area contributed by atoms with Crippen LogP contribution in [0, 0.1) is 16.1 Å². The van der Waals surface area contributed by atoms with Gasteiger partial charge in [0.15, 0.2) is 0 Å². The Morgan fingerprint density at radius 3 is 2.37 bits per heavy atom. The van der Waals surface area contributed by atoms with Crippen molar-refractivity contribution in [1.82, 2.24) is 5.32 Å². The van der Waals surface area contributed by atoms with Crippen molar-refractivity contribution in [3.63, 3.8) is 0 Å². The molecule has 2 nitrogen and oxygen atoms in total. The Balaban J connectivity index is 2.19. The summed E-state index contributed by atoms with van der Waals surface area (Å²) in [5.74, 6) is 1.06. The van der Waals surface area contributed by atoms with Crippen LogP contribution in [0.15, 0.2) is 12.1 Å². The number of halogens is 3. The van der Waals surface area contributed by atoms with Crippen molar-refractivity contribution >= 4 is 67.8 Å². The summed E-state index contributed by atoms with van der Waals surface area (Å²) in [7, 11) is 2.05. The van der Waals surface area contributed by atoms with Gasteiger partial charge in [-0.1, -0.05) is 13.8 Å². The summed E-state index contributed by atoms with van der Waals surface area (Å²) < 4.78 is 10.0. The molecule has 0 aliphatic heterocycles. The van der Waals surface area contributed by atoms with E-state index in [1.54, 1.807) is 0 Å². The molecule has 1 saturated carbocycles. The van der Waals surface area contributed by atoms with Crippen LogP contribution in [-0.4, -0.2) is 19.2 Å². The number of ether oxygens (including phenoxy) is 1. The van der Waals surface area contributed by atoms with Crippen LogP contribution >= 0.6 is 67.8 Å². The van der Waals surface area contributed by atoms with Gasteiger partial charge in [0.25, 0.3) is 0 Å². The Morgan fingerprint density at radius 1 is 1.32 bits per heavy atom. The summed E-state index contributed by atoms with van der Waals surface area (Å²) in [6.07, 6.45) is 2.55. The van der Waals surface area contributed by atoms with Gasteiger partial charge in [0.2, 0.25) is 0 Å². The van der Waals surface area contributed by atoms with E-state index in [4.69, 9.17) is 4.74 Å². The van der Waals surface area contributed by atoms with Gasteiger partial charge < -0.3 is 10.1 Å². The van der Waals surface area contributed by atoms with Crippen molar-refractivity contribution in [2.75, 3.05) is 7.05 Å².